The second-order valence-electron chi connectivity index (χ2n) is 16.4. The van der Waals surface area contributed by atoms with Gasteiger partial charge in [0.1, 0.15) is 0 Å². The average Bonchev–Trinajstić information content (AvgIpc) is 3.91. The summed E-state index contributed by atoms with van der Waals surface area (Å²) in [6.07, 6.45) is 0. The third-order valence-electron chi connectivity index (χ3n) is 12.6. The van der Waals surface area contributed by atoms with Gasteiger partial charge in [-0.25, -0.2) is 19.7 Å². The summed E-state index contributed by atoms with van der Waals surface area (Å²) in [6.45, 7) is 16.5. The van der Waals surface area contributed by atoms with Crippen molar-refractivity contribution in [3.05, 3.63) is 241 Å². The predicted octanol–water partition coefficient (Wildman–Crippen LogP) is 16.1. The Kier molecular flexibility index (Phi) is 9.16. The fourth-order valence-corrected chi connectivity index (χ4v) is 9.51. The maximum absolute atomic E-state index is 8.26. The molecular formula is C60H36N6. The molecule has 0 saturated heterocycles. The summed E-state index contributed by atoms with van der Waals surface area (Å²) in [4.78, 5) is 17.8. The number of benzene rings is 9. The van der Waals surface area contributed by atoms with Crippen molar-refractivity contribution in [2.45, 2.75) is 0 Å². The van der Waals surface area contributed by atoms with Gasteiger partial charge in [0.15, 0.2) is 17.2 Å². The highest BCUT2D eigenvalue weighted by molar-refractivity contribution is 6.12. The van der Waals surface area contributed by atoms with Crippen molar-refractivity contribution in [2.24, 2.45) is 0 Å². The van der Waals surface area contributed by atoms with E-state index in [0.717, 1.165) is 55.9 Å². The summed E-state index contributed by atoms with van der Waals surface area (Å²) in [5, 5.41) is 4.89. The highest BCUT2D eigenvalue weighted by atomic mass is 15.0. The molecule has 6 nitrogen and oxygen atoms in total. The molecule has 0 unspecified atom stereocenters. The van der Waals surface area contributed by atoms with Crippen LogP contribution in [0.3, 0.4) is 0 Å². The number of para-hydroxylation sites is 3. The number of aromatic nitrogens is 4. The SMILES string of the molecule is [C-]#[N+]c1cc(-c2cc(-c3ccccc3)nc(-c3ccccc3)n2)cc([N+]#[C-])c1-c1ccc(-c2ccc(-n3c4ccccc4c4cc(-n5c6ccccc6c6ccccc65)ccc43)cc2)cc1. The molecule has 0 aliphatic rings. The largest absolute Gasteiger partial charge is 0.309 e. The predicted molar refractivity (Wildman–Crippen MR) is 270 cm³/mol. The van der Waals surface area contributed by atoms with Crippen LogP contribution in [0, 0.1) is 13.1 Å². The zero-order chi connectivity index (χ0) is 44.1. The number of hydrogen-bond acceptors (Lipinski definition) is 2. The molecule has 0 radical (unpaired) electrons. The normalized spacial score (nSPS) is 11.3. The van der Waals surface area contributed by atoms with Crippen molar-refractivity contribution >= 4 is 55.0 Å². The van der Waals surface area contributed by atoms with Crippen LogP contribution in [0.1, 0.15) is 0 Å². The lowest BCUT2D eigenvalue weighted by Gasteiger charge is -2.14. The number of hydrogen-bond donors (Lipinski definition) is 0. The van der Waals surface area contributed by atoms with E-state index in [4.69, 9.17) is 23.1 Å². The molecule has 0 fully saturated rings. The molecule has 66 heavy (non-hydrogen) atoms. The van der Waals surface area contributed by atoms with E-state index in [1.807, 2.05) is 91.0 Å². The van der Waals surface area contributed by atoms with E-state index in [2.05, 4.69) is 146 Å². The first kappa shape index (κ1) is 38.3. The molecule has 0 aliphatic heterocycles. The molecule has 306 valence electrons. The van der Waals surface area contributed by atoms with Crippen molar-refractivity contribution < 1.29 is 0 Å². The van der Waals surface area contributed by atoms with Gasteiger partial charge in [-0.3, -0.25) is 0 Å². The summed E-state index contributed by atoms with van der Waals surface area (Å²) in [6, 6.07) is 75.0. The van der Waals surface area contributed by atoms with Crippen LogP contribution in [-0.2, 0) is 0 Å². The first-order valence-corrected chi connectivity index (χ1v) is 21.8. The number of nitrogens with zero attached hydrogens (tertiary/aromatic N) is 6. The molecule has 0 N–H and O–H groups in total. The summed E-state index contributed by atoms with van der Waals surface area (Å²) in [5.41, 5.74) is 15.1. The Labute approximate surface area is 381 Å². The summed E-state index contributed by atoms with van der Waals surface area (Å²) in [7, 11) is 0. The fraction of sp³-hybridized carbons (Fsp3) is 0. The van der Waals surface area contributed by atoms with Crippen LogP contribution in [0.25, 0.3) is 121 Å². The molecule has 12 rings (SSSR count). The highest BCUT2D eigenvalue weighted by Crippen LogP contribution is 2.44. The minimum Gasteiger partial charge on any atom is -0.309 e. The van der Waals surface area contributed by atoms with E-state index in [1.165, 1.54) is 32.6 Å². The zero-order valence-corrected chi connectivity index (χ0v) is 35.5. The molecule has 0 amide bonds. The van der Waals surface area contributed by atoms with Gasteiger partial charge >= 0.3 is 0 Å². The van der Waals surface area contributed by atoms with E-state index < -0.39 is 0 Å². The lowest BCUT2D eigenvalue weighted by atomic mass is 9.95. The molecule has 0 saturated carbocycles. The van der Waals surface area contributed by atoms with E-state index in [-0.39, 0.29) is 0 Å². The van der Waals surface area contributed by atoms with Crippen molar-refractivity contribution in [3.63, 3.8) is 0 Å². The molecule has 0 atom stereocenters. The van der Waals surface area contributed by atoms with Crippen LogP contribution in [0.2, 0.25) is 0 Å². The molecule has 6 heteroatoms. The van der Waals surface area contributed by atoms with Gasteiger partial charge in [-0.1, -0.05) is 152 Å². The monoisotopic (exact) mass is 840 g/mol. The Balaban J connectivity index is 0.880. The maximum Gasteiger partial charge on any atom is 0.185 e. The van der Waals surface area contributed by atoms with Gasteiger partial charge in [0.25, 0.3) is 0 Å². The third kappa shape index (κ3) is 6.41. The topological polar surface area (TPSA) is 44.4 Å². The first-order chi connectivity index (χ1) is 32.6. The molecule has 0 aliphatic carbocycles. The van der Waals surface area contributed by atoms with Crippen molar-refractivity contribution in [3.8, 4) is 67.5 Å². The van der Waals surface area contributed by atoms with Crippen LogP contribution in [0.5, 0.6) is 0 Å². The van der Waals surface area contributed by atoms with Crippen LogP contribution < -0.4 is 0 Å². The van der Waals surface area contributed by atoms with E-state index in [0.29, 0.717) is 34.0 Å². The quantitative estimate of drug-likeness (QED) is 0.150. The molecule has 0 bridgehead atoms. The minimum atomic E-state index is 0.394. The first-order valence-electron chi connectivity index (χ1n) is 21.8. The molecule has 3 aromatic heterocycles. The molecule has 12 aromatic rings. The molecule has 0 spiro atoms. The Bertz CT molecular complexity index is 3780. The van der Waals surface area contributed by atoms with Gasteiger partial charge in [-0.05, 0) is 94.5 Å². The van der Waals surface area contributed by atoms with Crippen molar-refractivity contribution in [2.75, 3.05) is 0 Å². The third-order valence-corrected chi connectivity index (χ3v) is 12.6. The van der Waals surface area contributed by atoms with Crippen LogP contribution in [0.4, 0.5) is 11.4 Å². The van der Waals surface area contributed by atoms with Gasteiger partial charge < -0.3 is 9.13 Å². The van der Waals surface area contributed by atoms with Gasteiger partial charge in [0.05, 0.1) is 46.6 Å². The Morgan fingerprint density at radius 1 is 0.318 bits per heavy atom. The second-order valence-corrected chi connectivity index (χ2v) is 16.4. The highest BCUT2D eigenvalue weighted by Gasteiger charge is 2.19. The lowest BCUT2D eigenvalue weighted by molar-refractivity contribution is 1.17. The summed E-state index contributed by atoms with van der Waals surface area (Å²) >= 11 is 0. The molecule has 3 heterocycles. The number of rotatable bonds is 7. The summed E-state index contributed by atoms with van der Waals surface area (Å²) in [5.74, 6) is 0.577. The fourth-order valence-electron chi connectivity index (χ4n) is 9.51. The lowest BCUT2D eigenvalue weighted by Crippen LogP contribution is -1.96. The maximum atomic E-state index is 8.26. The zero-order valence-electron chi connectivity index (χ0n) is 35.5. The van der Waals surface area contributed by atoms with Gasteiger partial charge in [-0.15, -0.1) is 0 Å². The van der Waals surface area contributed by atoms with Gasteiger partial charge in [0, 0.05) is 44.0 Å². The van der Waals surface area contributed by atoms with Crippen LogP contribution >= 0.6 is 0 Å². The Hall–Kier alpha value is -9.36. The van der Waals surface area contributed by atoms with Crippen LogP contribution in [0.15, 0.2) is 218 Å². The standard InChI is InChI=1S/C60H36N6/c1-61-53-35-44(52-38-51(41-15-5-3-6-16-41)63-60(64-52)43-17-7-4-8-18-43)36-54(62-2)59(53)42-27-25-39(26-28-42)40-29-31-45(32-30-40)65-57-24-14-11-21-49(57)50-37-46(33-34-58(50)65)66-55-22-12-9-19-47(55)48-20-10-13-23-56(48)66/h3-38H. The van der Waals surface area contributed by atoms with E-state index in [1.54, 1.807) is 0 Å². The van der Waals surface area contributed by atoms with Crippen molar-refractivity contribution in [1.82, 2.24) is 19.1 Å². The Morgan fingerprint density at radius 3 is 1.30 bits per heavy atom. The second kappa shape index (κ2) is 15.8. The Morgan fingerprint density at radius 2 is 0.742 bits per heavy atom. The minimum absolute atomic E-state index is 0.394. The summed E-state index contributed by atoms with van der Waals surface area (Å²) < 4.78 is 4.72. The molecular weight excluding hydrogens is 805 g/mol. The van der Waals surface area contributed by atoms with E-state index in [9.17, 15) is 0 Å². The van der Waals surface area contributed by atoms with Crippen molar-refractivity contribution in [1.29, 1.82) is 0 Å². The number of fused-ring (bicyclic) bond motifs is 6. The van der Waals surface area contributed by atoms with E-state index >= 15 is 0 Å². The smallest absolute Gasteiger partial charge is 0.185 e. The molecule has 9 aromatic carbocycles. The average molecular weight is 841 g/mol. The van der Waals surface area contributed by atoms with Gasteiger partial charge in [0.2, 0.25) is 0 Å². The van der Waals surface area contributed by atoms with Crippen LogP contribution in [-0.4, -0.2) is 19.1 Å². The van der Waals surface area contributed by atoms with Gasteiger partial charge in [-0.2, -0.15) is 0 Å².